The van der Waals surface area contributed by atoms with Crippen molar-refractivity contribution in [1.82, 2.24) is 0 Å². The van der Waals surface area contributed by atoms with Crippen LogP contribution in [0.4, 0.5) is 11.4 Å². The first-order valence-electron chi connectivity index (χ1n) is 8.47. The number of likely N-dealkylation sites (N-methyl/N-ethyl adjacent to an activating group) is 1. The number of anilines is 1. The highest BCUT2D eigenvalue weighted by Crippen LogP contribution is 2.38. The zero-order valence-electron chi connectivity index (χ0n) is 15.5. The topological polar surface area (TPSA) is 15.6 Å². The van der Waals surface area contributed by atoms with Crippen molar-refractivity contribution in [3.8, 4) is 0 Å². The fourth-order valence-corrected chi connectivity index (χ4v) is 3.26. The number of fused-ring (bicyclic) bond motifs is 1. The first-order valence-corrected chi connectivity index (χ1v) is 8.47. The van der Waals surface area contributed by atoms with Gasteiger partial charge < -0.3 is 4.90 Å². The average molecular weight is 318 g/mol. The highest BCUT2D eigenvalue weighted by molar-refractivity contribution is 5.88. The number of benzene rings is 2. The van der Waals surface area contributed by atoms with Crippen molar-refractivity contribution in [3.05, 3.63) is 64.7 Å². The standard InChI is InChI=1S/C22H26N2/c1-15-7-8-16(2)20(11-15)23-14-18-9-10-21-19(12-18)17(3)13-22(4,5)24(21)6/h7-14H,1-6H3. The maximum absolute atomic E-state index is 4.70. The molecule has 1 aliphatic heterocycles. The molecule has 1 heterocycles. The van der Waals surface area contributed by atoms with E-state index in [1.165, 1.54) is 28.0 Å². The lowest BCUT2D eigenvalue weighted by Gasteiger charge is -2.40. The van der Waals surface area contributed by atoms with E-state index in [1.807, 2.05) is 6.21 Å². The number of hydrogen-bond donors (Lipinski definition) is 0. The average Bonchev–Trinajstić information content (AvgIpc) is 2.53. The quantitative estimate of drug-likeness (QED) is 0.650. The molecule has 0 aromatic heterocycles. The van der Waals surface area contributed by atoms with Gasteiger partial charge in [-0.05, 0) is 75.1 Å². The Morgan fingerprint density at radius 1 is 1.00 bits per heavy atom. The number of aliphatic imine (C=N–C) groups is 1. The number of hydrogen-bond acceptors (Lipinski definition) is 2. The van der Waals surface area contributed by atoms with Gasteiger partial charge in [0.05, 0.1) is 11.2 Å². The molecule has 0 radical (unpaired) electrons. The van der Waals surface area contributed by atoms with Crippen molar-refractivity contribution >= 4 is 23.2 Å². The molecule has 0 bridgehead atoms. The van der Waals surface area contributed by atoms with Crippen LogP contribution in [0.3, 0.4) is 0 Å². The molecule has 0 amide bonds. The molecule has 0 fully saturated rings. The summed E-state index contributed by atoms with van der Waals surface area (Å²) in [6, 6.07) is 13.0. The highest BCUT2D eigenvalue weighted by Gasteiger charge is 2.28. The van der Waals surface area contributed by atoms with Gasteiger partial charge in [0.1, 0.15) is 0 Å². The zero-order chi connectivity index (χ0) is 17.5. The normalized spacial score (nSPS) is 16.2. The lowest BCUT2D eigenvalue weighted by Crippen LogP contribution is -2.42. The number of allylic oxidation sites excluding steroid dienone is 1. The van der Waals surface area contributed by atoms with Crippen LogP contribution in [0, 0.1) is 13.8 Å². The Labute approximate surface area is 145 Å². The maximum atomic E-state index is 4.70. The second kappa shape index (κ2) is 5.94. The third kappa shape index (κ3) is 3.01. The summed E-state index contributed by atoms with van der Waals surface area (Å²) in [5, 5.41) is 0. The van der Waals surface area contributed by atoms with Crippen LogP contribution in [0.2, 0.25) is 0 Å². The Morgan fingerprint density at radius 2 is 1.75 bits per heavy atom. The van der Waals surface area contributed by atoms with Gasteiger partial charge in [0.25, 0.3) is 0 Å². The summed E-state index contributed by atoms with van der Waals surface area (Å²) in [5.74, 6) is 0. The van der Waals surface area contributed by atoms with Crippen LogP contribution in [0.25, 0.3) is 5.57 Å². The molecule has 0 atom stereocenters. The van der Waals surface area contributed by atoms with Gasteiger partial charge in [-0.1, -0.05) is 24.3 Å². The second-order valence-electron chi connectivity index (χ2n) is 7.36. The van der Waals surface area contributed by atoms with Crippen LogP contribution >= 0.6 is 0 Å². The molecule has 1 aliphatic rings. The van der Waals surface area contributed by atoms with Gasteiger partial charge in [-0.2, -0.15) is 0 Å². The largest absolute Gasteiger partial charge is 0.366 e. The molecular weight excluding hydrogens is 292 g/mol. The lowest BCUT2D eigenvalue weighted by atomic mass is 9.89. The fraction of sp³-hybridized carbons (Fsp3) is 0.318. The van der Waals surface area contributed by atoms with E-state index in [1.54, 1.807) is 0 Å². The fourth-order valence-electron chi connectivity index (χ4n) is 3.26. The van der Waals surface area contributed by atoms with E-state index in [0.29, 0.717) is 0 Å². The summed E-state index contributed by atoms with van der Waals surface area (Å²) in [5.41, 5.74) is 8.56. The number of nitrogens with zero attached hydrogens (tertiary/aromatic N) is 2. The summed E-state index contributed by atoms with van der Waals surface area (Å²) < 4.78 is 0. The van der Waals surface area contributed by atoms with Crippen molar-refractivity contribution in [3.63, 3.8) is 0 Å². The van der Waals surface area contributed by atoms with Crippen molar-refractivity contribution in [2.45, 2.75) is 40.2 Å². The third-order valence-electron chi connectivity index (χ3n) is 4.96. The van der Waals surface area contributed by atoms with E-state index >= 15 is 0 Å². The number of rotatable bonds is 2. The van der Waals surface area contributed by atoms with Crippen LogP contribution in [0.1, 0.15) is 43.0 Å². The van der Waals surface area contributed by atoms with Crippen LogP contribution in [-0.2, 0) is 0 Å². The highest BCUT2D eigenvalue weighted by atomic mass is 15.2. The molecule has 0 N–H and O–H groups in total. The van der Waals surface area contributed by atoms with E-state index in [9.17, 15) is 0 Å². The first-order chi connectivity index (χ1) is 11.3. The molecule has 0 unspecified atom stereocenters. The van der Waals surface area contributed by atoms with Crippen molar-refractivity contribution in [1.29, 1.82) is 0 Å². The molecular formula is C22H26N2. The predicted octanol–water partition coefficient (Wildman–Crippen LogP) is 5.69. The molecule has 2 nitrogen and oxygen atoms in total. The minimum atomic E-state index is 0.0470. The summed E-state index contributed by atoms with van der Waals surface area (Å²) in [6.07, 6.45) is 4.30. The molecule has 3 rings (SSSR count). The Bertz CT molecular complexity index is 841. The Morgan fingerprint density at radius 3 is 2.50 bits per heavy atom. The van der Waals surface area contributed by atoms with Crippen LogP contribution < -0.4 is 4.90 Å². The van der Waals surface area contributed by atoms with Crippen molar-refractivity contribution < 1.29 is 0 Å². The molecule has 0 saturated heterocycles. The summed E-state index contributed by atoms with van der Waals surface area (Å²) in [4.78, 5) is 7.03. The van der Waals surface area contributed by atoms with Crippen LogP contribution in [0.5, 0.6) is 0 Å². The van der Waals surface area contributed by atoms with E-state index in [-0.39, 0.29) is 5.54 Å². The Hall–Kier alpha value is -2.35. The van der Waals surface area contributed by atoms with Gasteiger partial charge in [-0.25, -0.2) is 0 Å². The summed E-state index contributed by atoms with van der Waals surface area (Å²) in [7, 11) is 2.16. The molecule has 24 heavy (non-hydrogen) atoms. The Balaban J connectivity index is 1.97. The van der Waals surface area contributed by atoms with Crippen molar-refractivity contribution in [2.75, 3.05) is 11.9 Å². The van der Waals surface area contributed by atoms with Crippen LogP contribution in [0.15, 0.2) is 47.5 Å². The molecule has 0 spiro atoms. The van der Waals surface area contributed by atoms with E-state index in [2.05, 4.69) is 89.0 Å². The molecule has 0 aliphatic carbocycles. The third-order valence-corrected chi connectivity index (χ3v) is 4.96. The first kappa shape index (κ1) is 16.5. The lowest BCUT2D eigenvalue weighted by molar-refractivity contribution is 0.598. The number of aryl methyl sites for hydroxylation is 2. The smallest absolute Gasteiger partial charge is 0.0661 e. The molecule has 2 aromatic rings. The van der Waals surface area contributed by atoms with Gasteiger partial charge in [0.2, 0.25) is 0 Å². The van der Waals surface area contributed by atoms with Gasteiger partial charge in [-0.3, -0.25) is 4.99 Å². The van der Waals surface area contributed by atoms with Gasteiger partial charge in [0.15, 0.2) is 0 Å². The van der Waals surface area contributed by atoms with Crippen LogP contribution in [-0.4, -0.2) is 18.8 Å². The van der Waals surface area contributed by atoms with Crippen molar-refractivity contribution in [2.24, 2.45) is 4.99 Å². The van der Waals surface area contributed by atoms with E-state index in [4.69, 9.17) is 4.99 Å². The zero-order valence-corrected chi connectivity index (χ0v) is 15.5. The Kier molecular flexibility index (Phi) is 4.08. The molecule has 2 aromatic carbocycles. The molecule has 2 heteroatoms. The molecule has 124 valence electrons. The van der Waals surface area contributed by atoms with E-state index in [0.717, 1.165) is 11.3 Å². The maximum Gasteiger partial charge on any atom is 0.0661 e. The minimum Gasteiger partial charge on any atom is -0.366 e. The second-order valence-corrected chi connectivity index (χ2v) is 7.36. The predicted molar refractivity (Wildman–Crippen MR) is 106 cm³/mol. The SMILES string of the molecule is CC1=CC(C)(C)N(C)c2ccc(C=Nc3cc(C)ccc3C)cc21. The summed E-state index contributed by atoms with van der Waals surface area (Å²) >= 11 is 0. The van der Waals surface area contributed by atoms with Gasteiger partial charge in [-0.15, -0.1) is 0 Å². The molecule has 0 saturated carbocycles. The van der Waals surface area contributed by atoms with Gasteiger partial charge >= 0.3 is 0 Å². The van der Waals surface area contributed by atoms with Gasteiger partial charge in [0, 0.05) is 24.5 Å². The monoisotopic (exact) mass is 318 g/mol. The minimum absolute atomic E-state index is 0.0470. The van der Waals surface area contributed by atoms with E-state index < -0.39 is 0 Å². The summed E-state index contributed by atoms with van der Waals surface area (Å²) in [6.45, 7) is 10.9.